The third-order valence-electron chi connectivity index (χ3n) is 5.90. The number of hydrogen-bond acceptors (Lipinski definition) is 3. The molecule has 0 atom stereocenters. The molecule has 0 radical (unpaired) electrons. The van der Waals surface area contributed by atoms with Gasteiger partial charge in [0.2, 0.25) is 0 Å². The molecule has 0 saturated carbocycles. The third-order valence-corrected chi connectivity index (χ3v) is 5.90. The SMILES string of the molecule is CN(Cc1cc(C(F)(F)F)cc(C(F)(F)F)c1)C(=O)c1c(-c2ccc(F)cc2)c2ncccc2c(=O)n1C. The van der Waals surface area contributed by atoms with Crippen molar-refractivity contribution in [2.24, 2.45) is 7.05 Å². The molecule has 2 heterocycles. The normalized spacial score (nSPS) is 12.1. The van der Waals surface area contributed by atoms with Gasteiger partial charge in [0.1, 0.15) is 11.5 Å². The van der Waals surface area contributed by atoms with Gasteiger partial charge >= 0.3 is 12.4 Å². The number of fused-ring (bicyclic) bond motifs is 1. The van der Waals surface area contributed by atoms with E-state index in [9.17, 15) is 40.3 Å². The summed E-state index contributed by atoms with van der Waals surface area (Å²) in [5, 5.41) is 0.154. The number of aromatic nitrogens is 2. The lowest BCUT2D eigenvalue weighted by Gasteiger charge is -2.23. The van der Waals surface area contributed by atoms with Gasteiger partial charge in [-0.3, -0.25) is 14.6 Å². The lowest BCUT2D eigenvalue weighted by Crippen LogP contribution is -2.33. The van der Waals surface area contributed by atoms with E-state index in [0.717, 1.165) is 21.6 Å². The maximum absolute atomic E-state index is 13.6. The highest BCUT2D eigenvalue weighted by molar-refractivity contribution is 6.07. The summed E-state index contributed by atoms with van der Waals surface area (Å²) in [6.07, 6.45) is -8.72. The molecule has 2 aromatic heterocycles. The van der Waals surface area contributed by atoms with Crippen LogP contribution in [0.5, 0.6) is 0 Å². The molecule has 0 fully saturated rings. The second-order valence-corrected chi connectivity index (χ2v) is 8.57. The number of halogens is 7. The minimum Gasteiger partial charge on any atom is -0.336 e. The second kappa shape index (κ2) is 9.58. The number of pyridine rings is 2. The maximum Gasteiger partial charge on any atom is 0.416 e. The van der Waals surface area contributed by atoms with E-state index in [1.54, 1.807) is 0 Å². The summed E-state index contributed by atoms with van der Waals surface area (Å²) in [4.78, 5) is 31.7. The monoisotopic (exact) mass is 537 g/mol. The van der Waals surface area contributed by atoms with E-state index < -0.39 is 52.9 Å². The molecule has 198 valence electrons. The lowest BCUT2D eigenvalue weighted by molar-refractivity contribution is -0.143. The lowest BCUT2D eigenvalue weighted by atomic mass is 9.99. The van der Waals surface area contributed by atoms with E-state index in [4.69, 9.17) is 0 Å². The minimum atomic E-state index is -5.05. The van der Waals surface area contributed by atoms with Crippen molar-refractivity contribution in [1.29, 1.82) is 0 Å². The Hall–Kier alpha value is -4.22. The van der Waals surface area contributed by atoms with Gasteiger partial charge in [0.15, 0.2) is 0 Å². The predicted molar refractivity (Wildman–Crippen MR) is 125 cm³/mol. The van der Waals surface area contributed by atoms with Crippen LogP contribution in [0.4, 0.5) is 30.7 Å². The van der Waals surface area contributed by atoms with Gasteiger partial charge in [-0.15, -0.1) is 0 Å². The van der Waals surface area contributed by atoms with Crippen LogP contribution in [0, 0.1) is 5.82 Å². The zero-order valence-corrected chi connectivity index (χ0v) is 19.8. The highest BCUT2D eigenvalue weighted by Crippen LogP contribution is 2.37. The number of alkyl halides is 6. The topological polar surface area (TPSA) is 55.2 Å². The maximum atomic E-state index is 13.6. The summed E-state index contributed by atoms with van der Waals surface area (Å²) in [6, 6.07) is 9.04. The van der Waals surface area contributed by atoms with E-state index in [1.807, 2.05) is 0 Å². The molecule has 38 heavy (non-hydrogen) atoms. The van der Waals surface area contributed by atoms with Crippen LogP contribution in [0.3, 0.4) is 0 Å². The Labute approximate surface area is 210 Å². The number of benzene rings is 2. The van der Waals surface area contributed by atoms with Crippen LogP contribution < -0.4 is 5.56 Å². The molecular formula is C26H18F7N3O2. The average molecular weight is 537 g/mol. The van der Waals surface area contributed by atoms with Crippen LogP contribution in [0.25, 0.3) is 22.0 Å². The molecule has 0 unspecified atom stereocenters. The molecule has 4 aromatic rings. The number of carbonyl (C=O) groups excluding carboxylic acids is 1. The summed E-state index contributed by atoms with van der Waals surface area (Å²) < 4.78 is 94.4. The number of rotatable bonds is 4. The highest BCUT2D eigenvalue weighted by Gasteiger charge is 2.37. The van der Waals surface area contributed by atoms with Crippen molar-refractivity contribution in [1.82, 2.24) is 14.5 Å². The van der Waals surface area contributed by atoms with Gasteiger partial charge in [0, 0.05) is 32.4 Å². The van der Waals surface area contributed by atoms with Gasteiger partial charge in [-0.25, -0.2) is 4.39 Å². The molecule has 0 aliphatic rings. The smallest absolute Gasteiger partial charge is 0.336 e. The van der Waals surface area contributed by atoms with Gasteiger partial charge in [0.25, 0.3) is 11.5 Å². The van der Waals surface area contributed by atoms with Crippen LogP contribution >= 0.6 is 0 Å². The highest BCUT2D eigenvalue weighted by atomic mass is 19.4. The molecular weight excluding hydrogens is 519 g/mol. The summed E-state index contributed by atoms with van der Waals surface area (Å²) >= 11 is 0. The molecule has 2 aromatic carbocycles. The Morgan fingerprint density at radius 1 is 0.947 bits per heavy atom. The number of carbonyl (C=O) groups is 1. The first-order valence-corrected chi connectivity index (χ1v) is 11.0. The van der Waals surface area contributed by atoms with Gasteiger partial charge in [-0.05, 0) is 53.6 Å². The standard InChI is InChI=1S/C26H18F7N3O2/c1-35(13-14-10-16(25(28,29)30)12-17(11-14)26(31,32)33)24(38)22-20(15-5-7-18(27)8-6-15)21-19(4-3-9-34-21)23(37)36(22)2/h3-12H,13H2,1-2H3. The van der Waals surface area contributed by atoms with Gasteiger partial charge in [-0.1, -0.05) is 12.1 Å². The largest absolute Gasteiger partial charge is 0.416 e. The van der Waals surface area contributed by atoms with Crippen molar-refractivity contribution < 1.29 is 35.5 Å². The van der Waals surface area contributed by atoms with Crippen molar-refractivity contribution in [3.63, 3.8) is 0 Å². The predicted octanol–water partition coefficient (Wildman–Crippen LogP) is 6.05. The van der Waals surface area contributed by atoms with Crippen LogP contribution in [-0.2, 0) is 25.9 Å². The Bertz CT molecular complexity index is 1560. The number of amides is 1. The molecule has 4 rings (SSSR count). The van der Waals surface area contributed by atoms with Crippen molar-refractivity contribution in [3.8, 4) is 11.1 Å². The Morgan fingerprint density at radius 2 is 1.53 bits per heavy atom. The fraction of sp³-hybridized carbons (Fsp3) is 0.192. The number of hydrogen-bond donors (Lipinski definition) is 0. The molecule has 12 heteroatoms. The Balaban J connectivity index is 1.86. The minimum absolute atomic E-state index is 0.00330. The van der Waals surface area contributed by atoms with Crippen LogP contribution in [0.2, 0.25) is 0 Å². The van der Waals surface area contributed by atoms with Crippen LogP contribution in [0.15, 0.2) is 65.6 Å². The number of nitrogens with zero attached hydrogens (tertiary/aromatic N) is 3. The third kappa shape index (κ3) is 5.11. The molecule has 1 amide bonds. The van der Waals surface area contributed by atoms with E-state index in [2.05, 4.69) is 4.98 Å². The van der Waals surface area contributed by atoms with E-state index in [0.29, 0.717) is 17.7 Å². The molecule has 0 saturated heterocycles. The summed E-state index contributed by atoms with van der Waals surface area (Å²) in [5.41, 5.74) is -3.68. The van der Waals surface area contributed by atoms with Gasteiger partial charge in [-0.2, -0.15) is 26.3 Å². The molecule has 5 nitrogen and oxygen atoms in total. The van der Waals surface area contributed by atoms with E-state index in [1.165, 1.54) is 44.6 Å². The molecule has 0 bridgehead atoms. The average Bonchev–Trinajstić information content (AvgIpc) is 2.85. The van der Waals surface area contributed by atoms with Crippen molar-refractivity contribution >= 4 is 16.8 Å². The molecule has 0 N–H and O–H groups in total. The zero-order valence-electron chi connectivity index (χ0n) is 19.8. The zero-order chi connectivity index (χ0) is 28.0. The van der Waals surface area contributed by atoms with Crippen molar-refractivity contribution in [3.05, 3.63) is 99.3 Å². The Kier molecular flexibility index (Phi) is 6.77. The summed E-state index contributed by atoms with van der Waals surface area (Å²) in [5.74, 6) is -1.44. The molecule has 0 spiro atoms. The first kappa shape index (κ1) is 26.8. The van der Waals surface area contributed by atoms with Crippen LogP contribution in [0.1, 0.15) is 27.2 Å². The van der Waals surface area contributed by atoms with Gasteiger partial charge in [0.05, 0.1) is 22.0 Å². The Morgan fingerprint density at radius 3 is 2.08 bits per heavy atom. The van der Waals surface area contributed by atoms with E-state index >= 15 is 0 Å². The van der Waals surface area contributed by atoms with Crippen molar-refractivity contribution in [2.45, 2.75) is 18.9 Å². The molecule has 0 aliphatic heterocycles. The first-order valence-electron chi connectivity index (χ1n) is 11.0. The van der Waals surface area contributed by atoms with E-state index in [-0.39, 0.29) is 28.2 Å². The first-order chi connectivity index (χ1) is 17.7. The van der Waals surface area contributed by atoms with Gasteiger partial charge < -0.3 is 9.47 Å². The summed E-state index contributed by atoms with van der Waals surface area (Å²) in [6.45, 7) is -0.636. The molecule has 0 aliphatic carbocycles. The van der Waals surface area contributed by atoms with Crippen molar-refractivity contribution in [2.75, 3.05) is 7.05 Å². The fourth-order valence-corrected chi connectivity index (χ4v) is 4.12. The fourth-order valence-electron chi connectivity index (χ4n) is 4.12. The second-order valence-electron chi connectivity index (χ2n) is 8.57. The van der Waals surface area contributed by atoms with Crippen LogP contribution in [-0.4, -0.2) is 27.4 Å². The quantitative estimate of drug-likeness (QED) is 0.298. The summed E-state index contributed by atoms with van der Waals surface area (Å²) in [7, 11) is 2.48.